The van der Waals surface area contributed by atoms with Gasteiger partial charge in [-0.15, -0.1) is 0 Å². The van der Waals surface area contributed by atoms with Gasteiger partial charge in [-0.05, 0) is 137 Å². The number of fused-ring (bicyclic) bond motifs is 1. The van der Waals surface area contributed by atoms with Crippen LogP contribution in [0.25, 0.3) is 77.1 Å². The van der Waals surface area contributed by atoms with E-state index in [2.05, 4.69) is 108 Å². The Hall–Kier alpha value is -4.95. The Bertz CT molecular complexity index is 2330. The Morgan fingerprint density at radius 3 is 1.67 bits per heavy atom. The minimum absolute atomic E-state index is 0.660. The molecular formula is C41H33NO. The van der Waals surface area contributed by atoms with Crippen LogP contribution in [0.5, 0.6) is 0 Å². The number of para-hydroxylation sites is 2. The number of aromatic nitrogens is 1. The van der Waals surface area contributed by atoms with E-state index < -0.39 is 0 Å². The molecular weight excluding hydrogens is 522 g/mol. The highest BCUT2D eigenvalue weighted by molar-refractivity contribution is 6.30. The summed E-state index contributed by atoms with van der Waals surface area (Å²) < 4.78 is 6.44. The normalized spacial score (nSPS) is 12.0. The average Bonchev–Trinajstić information content (AvgIpc) is 3.40. The maximum atomic E-state index is 6.44. The van der Waals surface area contributed by atoms with E-state index in [1.165, 1.54) is 88.0 Å². The highest BCUT2D eigenvalue weighted by Gasteiger charge is 2.22. The fraction of sp³-hybridized carbons (Fsp3) is 0.146. The molecule has 2 heteroatoms. The monoisotopic (exact) mass is 555 g/mol. The number of benzene rings is 7. The lowest BCUT2D eigenvalue weighted by molar-refractivity contribution is 0.620. The van der Waals surface area contributed by atoms with Gasteiger partial charge in [0.05, 0.1) is 0 Å². The van der Waals surface area contributed by atoms with Crippen LogP contribution in [-0.2, 0) is 0 Å². The molecule has 0 fully saturated rings. The van der Waals surface area contributed by atoms with E-state index in [9.17, 15) is 0 Å². The number of hydrogen-bond acceptors (Lipinski definition) is 2. The van der Waals surface area contributed by atoms with Crippen LogP contribution in [0.3, 0.4) is 0 Å². The van der Waals surface area contributed by atoms with Gasteiger partial charge >= 0.3 is 0 Å². The van der Waals surface area contributed by atoms with Crippen LogP contribution in [0, 0.1) is 41.5 Å². The predicted octanol–water partition coefficient (Wildman–Crippen LogP) is 11.6. The molecule has 0 bridgehead atoms. The van der Waals surface area contributed by atoms with Crippen LogP contribution >= 0.6 is 0 Å². The van der Waals surface area contributed by atoms with Crippen molar-refractivity contribution in [3.63, 3.8) is 0 Å². The maximum Gasteiger partial charge on any atom is 0.227 e. The summed E-state index contributed by atoms with van der Waals surface area (Å²) in [5, 5.41) is 7.53. The largest absolute Gasteiger partial charge is 0.436 e. The first-order valence-electron chi connectivity index (χ1n) is 15.1. The zero-order chi connectivity index (χ0) is 29.6. The quantitative estimate of drug-likeness (QED) is 0.203. The minimum atomic E-state index is 0.660. The van der Waals surface area contributed by atoms with Gasteiger partial charge in [0, 0.05) is 5.56 Å². The van der Waals surface area contributed by atoms with E-state index in [0.717, 1.165) is 16.7 Å². The second kappa shape index (κ2) is 9.28. The average molecular weight is 556 g/mol. The molecule has 0 unspecified atom stereocenters. The molecule has 1 aromatic heterocycles. The summed E-state index contributed by atoms with van der Waals surface area (Å²) in [5.41, 5.74) is 15.6. The van der Waals surface area contributed by atoms with Crippen LogP contribution in [0.4, 0.5) is 0 Å². The Labute approximate surface area is 252 Å². The van der Waals surface area contributed by atoms with Crippen LogP contribution in [0.1, 0.15) is 33.4 Å². The highest BCUT2D eigenvalue weighted by atomic mass is 16.3. The molecule has 0 aliphatic heterocycles. The Morgan fingerprint density at radius 2 is 1.02 bits per heavy atom. The third-order valence-corrected chi connectivity index (χ3v) is 9.20. The van der Waals surface area contributed by atoms with Gasteiger partial charge < -0.3 is 4.42 Å². The minimum Gasteiger partial charge on any atom is -0.436 e. The molecule has 0 radical (unpaired) electrons. The lowest BCUT2D eigenvalue weighted by Crippen LogP contribution is -1.96. The van der Waals surface area contributed by atoms with Gasteiger partial charge in [0.15, 0.2) is 5.58 Å². The van der Waals surface area contributed by atoms with Gasteiger partial charge in [0.25, 0.3) is 0 Å². The molecule has 208 valence electrons. The number of nitrogens with zero attached hydrogens (tertiary/aromatic N) is 1. The van der Waals surface area contributed by atoms with Crippen molar-refractivity contribution in [3.05, 3.63) is 124 Å². The van der Waals surface area contributed by atoms with Crippen molar-refractivity contribution in [1.82, 2.24) is 4.98 Å². The van der Waals surface area contributed by atoms with Crippen molar-refractivity contribution >= 4 is 43.4 Å². The van der Waals surface area contributed by atoms with Crippen molar-refractivity contribution in [3.8, 4) is 33.7 Å². The molecule has 0 saturated heterocycles. The standard InChI is InChI=1S/C41H33NO/c1-22-17-24(3)37(25(4)18-22)29-13-11-28-12-14-31-33(38-26(5)19-23(2)20-27(38)6)21-34(32-16-15-30(29)39(28)40(31)32)41-42-35-9-7-8-10-36(35)43-41/h7-21H,1-6H3. The van der Waals surface area contributed by atoms with Crippen molar-refractivity contribution < 1.29 is 4.42 Å². The Kier molecular flexibility index (Phi) is 5.55. The lowest BCUT2D eigenvalue weighted by atomic mass is 9.82. The first-order chi connectivity index (χ1) is 20.8. The number of aryl methyl sites for hydroxylation is 6. The van der Waals surface area contributed by atoms with Crippen molar-refractivity contribution in [2.75, 3.05) is 0 Å². The van der Waals surface area contributed by atoms with E-state index in [1.54, 1.807) is 0 Å². The second-order valence-corrected chi connectivity index (χ2v) is 12.4. The van der Waals surface area contributed by atoms with E-state index in [4.69, 9.17) is 9.40 Å². The summed E-state index contributed by atoms with van der Waals surface area (Å²) in [6, 6.07) is 33.3. The summed E-state index contributed by atoms with van der Waals surface area (Å²) in [7, 11) is 0. The molecule has 0 saturated carbocycles. The fourth-order valence-corrected chi connectivity index (χ4v) is 7.70. The van der Waals surface area contributed by atoms with Crippen LogP contribution in [0.15, 0.2) is 95.4 Å². The molecule has 8 aromatic rings. The maximum absolute atomic E-state index is 6.44. The van der Waals surface area contributed by atoms with Crippen molar-refractivity contribution in [2.24, 2.45) is 0 Å². The summed E-state index contributed by atoms with van der Waals surface area (Å²) in [6.07, 6.45) is 0. The van der Waals surface area contributed by atoms with Gasteiger partial charge in [0.1, 0.15) is 5.52 Å². The molecule has 0 aliphatic carbocycles. The number of rotatable bonds is 3. The van der Waals surface area contributed by atoms with Crippen LogP contribution < -0.4 is 0 Å². The molecule has 2 nitrogen and oxygen atoms in total. The Morgan fingerprint density at radius 1 is 0.488 bits per heavy atom. The number of oxazole rings is 1. The van der Waals surface area contributed by atoms with Crippen LogP contribution in [-0.4, -0.2) is 4.98 Å². The van der Waals surface area contributed by atoms with Gasteiger partial charge in [-0.1, -0.05) is 83.9 Å². The highest BCUT2D eigenvalue weighted by Crippen LogP contribution is 2.47. The summed E-state index contributed by atoms with van der Waals surface area (Å²) in [6.45, 7) is 13.3. The van der Waals surface area contributed by atoms with Gasteiger partial charge in [-0.3, -0.25) is 0 Å². The molecule has 0 N–H and O–H groups in total. The first-order valence-corrected chi connectivity index (χ1v) is 15.1. The van der Waals surface area contributed by atoms with Gasteiger partial charge in [-0.2, -0.15) is 0 Å². The predicted molar refractivity (Wildman–Crippen MR) is 182 cm³/mol. The van der Waals surface area contributed by atoms with E-state index in [-0.39, 0.29) is 0 Å². The number of hydrogen-bond donors (Lipinski definition) is 0. The first kappa shape index (κ1) is 25.7. The van der Waals surface area contributed by atoms with E-state index >= 15 is 0 Å². The van der Waals surface area contributed by atoms with Crippen molar-refractivity contribution in [2.45, 2.75) is 41.5 Å². The van der Waals surface area contributed by atoms with Gasteiger partial charge in [0.2, 0.25) is 5.89 Å². The zero-order valence-corrected chi connectivity index (χ0v) is 25.5. The molecule has 0 amide bonds. The van der Waals surface area contributed by atoms with Gasteiger partial charge in [-0.25, -0.2) is 4.98 Å². The van der Waals surface area contributed by atoms with Crippen molar-refractivity contribution in [1.29, 1.82) is 0 Å². The molecule has 8 rings (SSSR count). The summed E-state index contributed by atoms with van der Waals surface area (Å²) >= 11 is 0. The molecule has 43 heavy (non-hydrogen) atoms. The summed E-state index contributed by atoms with van der Waals surface area (Å²) in [5.74, 6) is 0.660. The summed E-state index contributed by atoms with van der Waals surface area (Å²) in [4.78, 5) is 4.99. The smallest absolute Gasteiger partial charge is 0.227 e. The SMILES string of the molecule is Cc1cc(C)c(-c2ccc3ccc4c(-c5c(C)cc(C)cc5C)cc(-c5nc6ccccc6o5)c5ccc2c3c54)c(C)c1. The van der Waals surface area contributed by atoms with E-state index in [0.29, 0.717) is 5.89 Å². The molecule has 1 heterocycles. The Balaban J connectivity index is 1.55. The third kappa shape index (κ3) is 3.83. The van der Waals surface area contributed by atoms with E-state index in [1.807, 2.05) is 24.3 Å². The fourth-order valence-electron chi connectivity index (χ4n) is 7.70. The topological polar surface area (TPSA) is 26.0 Å². The zero-order valence-electron chi connectivity index (χ0n) is 25.5. The van der Waals surface area contributed by atoms with Crippen LogP contribution in [0.2, 0.25) is 0 Å². The third-order valence-electron chi connectivity index (χ3n) is 9.20. The molecule has 0 atom stereocenters. The molecule has 7 aromatic carbocycles. The molecule has 0 aliphatic rings. The second-order valence-electron chi connectivity index (χ2n) is 12.4. The lowest BCUT2D eigenvalue weighted by Gasteiger charge is -2.21. The molecule has 0 spiro atoms.